The van der Waals surface area contributed by atoms with Crippen molar-refractivity contribution in [3.8, 4) is 5.75 Å². The van der Waals surface area contributed by atoms with Gasteiger partial charge in [0.15, 0.2) is 12.7 Å². The molecule has 1 aromatic rings. The Morgan fingerprint density at radius 3 is 2.62 bits per heavy atom. The molecule has 6 nitrogen and oxygen atoms in total. The minimum Gasteiger partial charge on any atom is -0.484 e. The third-order valence-electron chi connectivity index (χ3n) is 6.46. The molecule has 3 atom stereocenters. The van der Waals surface area contributed by atoms with E-state index >= 15 is 0 Å². The molecule has 0 aromatic heterocycles. The highest BCUT2D eigenvalue weighted by molar-refractivity contribution is 6.30. The van der Waals surface area contributed by atoms with Crippen molar-refractivity contribution in [2.24, 2.45) is 11.8 Å². The van der Waals surface area contributed by atoms with Crippen LogP contribution in [0.15, 0.2) is 18.2 Å². The van der Waals surface area contributed by atoms with Crippen LogP contribution in [0.3, 0.4) is 0 Å². The number of hydrogen-bond donors (Lipinski definition) is 2. The largest absolute Gasteiger partial charge is 0.484 e. The van der Waals surface area contributed by atoms with Crippen LogP contribution in [0.1, 0.15) is 32.1 Å². The number of ether oxygens (including phenoxy) is 2. The quantitative estimate of drug-likeness (QED) is 0.589. The Bertz CT molecular complexity index is 891. The molecular formula is C21H23ClF4N2O4. The molecule has 3 saturated carbocycles. The van der Waals surface area contributed by atoms with E-state index in [4.69, 9.17) is 21.1 Å². The summed E-state index contributed by atoms with van der Waals surface area (Å²) in [6.45, 7) is -0.261. The van der Waals surface area contributed by atoms with E-state index in [1.165, 1.54) is 12.1 Å². The lowest BCUT2D eigenvalue weighted by Crippen LogP contribution is -2.53. The normalized spacial score (nSPS) is 31.2. The molecule has 1 heterocycles. The number of rotatable bonds is 7. The molecular weight excluding hydrogens is 456 g/mol. The summed E-state index contributed by atoms with van der Waals surface area (Å²) in [7, 11) is 0. The number of amides is 2. The lowest BCUT2D eigenvalue weighted by atomic mass is 9.76. The third-order valence-corrected chi connectivity index (χ3v) is 6.77. The van der Waals surface area contributed by atoms with Crippen LogP contribution in [0.2, 0.25) is 5.02 Å². The Morgan fingerprint density at radius 1 is 1.22 bits per heavy atom. The van der Waals surface area contributed by atoms with Crippen molar-refractivity contribution < 1.29 is 36.6 Å². The predicted molar refractivity (Wildman–Crippen MR) is 106 cm³/mol. The van der Waals surface area contributed by atoms with Gasteiger partial charge in [-0.1, -0.05) is 11.6 Å². The average molecular weight is 479 g/mol. The van der Waals surface area contributed by atoms with Gasteiger partial charge in [0, 0.05) is 24.1 Å². The van der Waals surface area contributed by atoms with E-state index in [1.807, 2.05) is 0 Å². The fourth-order valence-corrected chi connectivity index (χ4v) is 5.05. The first-order valence-electron chi connectivity index (χ1n) is 10.4. The molecule has 0 radical (unpaired) electrons. The molecule has 4 aliphatic rings. The smallest absolute Gasteiger partial charge is 0.414 e. The number of fused-ring (bicyclic) bond motifs is 1. The monoisotopic (exact) mass is 478 g/mol. The Balaban J connectivity index is 1.20. The number of carbonyl (C=O) groups excluding carboxylic acids is 2. The van der Waals surface area contributed by atoms with E-state index in [-0.39, 0.29) is 60.4 Å². The summed E-state index contributed by atoms with van der Waals surface area (Å²) in [5.74, 6) is -1.26. The van der Waals surface area contributed by atoms with E-state index in [0.717, 1.165) is 6.07 Å². The molecule has 2 bridgehead atoms. The minimum atomic E-state index is -4.39. The zero-order valence-electron chi connectivity index (χ0n) is 17.0. The SMILES string of the molecule is O=C(COc1ccc(Cl)c(F)c1)NC12CC(C1)[C@@H](C(=O)NCC1CCC(C(F)(F)F)O1)C2. The Kier molecular flexibility index (Phi) is 6.28. The van der Waals surface area contributed by atoms with Gasteiger partial charge in [0.05, 0.1) is 11.1 Å². The van der Waals surface area contributed by atoms with Gasteiger partial charge >= 0.3 is 6.18 Å². The summed E-state index contributed by atoms with van der Waals surface area (Å²) in [6.07, 6.45) is -4.89. The van der Waals surface area contributed by atoms with E-state index < -0.39 is 29.7 Å². The highest BCUT2D eigenvalue weighted by Gasteiger charge is 2.58. The predicted octanol–water partition coefficient (Wildman–Crippen LogP) is 3.37. The first kappa shape index (κ1) is 23.1. The summed E-state index contributed by atoms with van der Waals surface area (Å²) in [5, 5.41) is 5.57. The number of halogens is 5. The molecule has 1 saturated heterocycles. The fourth-order valence-electron chi connectivity index (χ4n) is 4.93. The molecule has 4 fully saturated rings. The van der Waals surface area contributed by atoms with Crippen LogP contribution >= 0.6 is 11.6 Å². The molecule has 32 heavy (non-hydrogen) atoms. The highest BCUT2D eigenvalue weighted by Crippen LogP contribution is 2.55. The molecule has 5 rings (SSSR count). The van der Waals surface area contributed by atoms with Gasteiger partial charge in [0.2, 0.25) is 5.91 Å². The maximum Gasteiger partial charge on any atom is 0.414 e. The van der Waals surface area contributed by atoms with Crippen LogP contribution < -0.4 is 15.4 Å². The van der Waals surface area contributed by atoms with Crippen molar-refractivity contribution in [3.63, 3.8) is 0 Å². The topological polar surface area (TPSA) is 76.7 Å². The number of carbonyl (C=O) groups is 2. The second kappa shape index (κ2) is 8.70. The van der Waals surface area contributed by atoms with Crippen LogP contribution in [-0.2, 0) is 14.3 Å². The van der Waals surface area contributed by atoms with Crippen LogP contribution in [0.25, 0.3) is 0 Å². The van der Waals surface area contributed by atoms with Crippen LogP contribution in [-0.4, -0.2) is 48.9 Å². The molecule has 3 aliphatic carbocycles. The van der Waals surface area contributed by atoms with Gasteiger partial charge in [-0.25, -0.2) is 4.39 Å². The van der Waals surface area contributed by atoms with E-state index in [9.17, 15) is 27.2 Å². The van der Waals surface area contributed by atoms with E-state index in [1.54, 1.807) is 0 Å². The summed E-state index contributed by atoms with van der Waals surface area (Å²) in [4.78, 5) is 24.8. The van der Waals surface area contributed by atoms with Crippen molar-refractivity contribution in [1.82, 2.24) is 10.6 Å². The fraction of sp³-hybridized carbons (Fsp3) is 0.619. The number of alkyl halides is 3. The maximum atomic E-state index is 13.4. The second-order valence-electron chi connectivity index (χ2n) is 8.78. The van der Waals surface area contributed by atoms with Crippen molar-refractivity contribution in [2.75, 3.05) is 13.2 Å². The Morgan fingerprint density at radius 2 is 1.97 bits per heavy atom. The van der Waals surface area contributed by atoms with E-state index in [2.05, 4.69) is 10.6 Å². The maximum absolute atomic E-state index is 13.4. The zero-order valence-corrected chi connectivity index (χ0v) is 17.8. The molecule has 1 aromatic carbocycles. The molecule has 2 unspecified atom stereocenters. The zero-order chi connectivity index (χ0) is 23.1. The molecule has 2 amide bonds. The van der Waals surface area contributed by atoms with Crippen molar-refractivity contribution in [1.29, 1.82) is 0 Å². The van der Waals surface area contributed by atoms with E-state index in [0.29, 0.717) is 19.3 Å². The number of nitrogens with one attached hydrogen (secondary N) is 2. The second-order valence-corrected chi connectivity index (χ2v) is 9.19. The standard InChI is InChI=1S/C21H23ClF4N2O4/c22-15-3-1-12(5-16(15)23)31-10-18(29)28-20-6-11(7-20)14(8-20)19(30)27-9-13-2-4-17(32-13)21(24,25)26/h1,3,5,11,13-14,17H,2,4,6-10H2,(H,27,30)(H,28,29)/t11?,13?,14-,17?,20?/m0/s1. The summed E-state index contributed by atoms with van der Waals surface area (Å²) >= 11 is 5.61. The Labute approximate surface area is 187 Å². The van der Waals surface area contributed by atoms with Gasteiger partial charge in [0.1, 0.15) is 11.6 Å². The van der Waals surface area contributed by atoms with Crippen molar-refractivity contribution in [2.45, 2.75) is 56.0 Å². The van der Waals surface area contributed by atoms with Gasteiger partial charge in [-0.2, -0.15) is 13.2 Å². The molecule has 1 aliphatic heterocycles. The van der Waals surface area contributed by atoms with Gasteiger partial charge in [-0.3, -0.25) is 9.59 Å². The molecule has 176 valence electrons. The molecule has 11 heteroatoms. The summed E-state index contributed by atoms with van der Waals surface area (Å²) < 4.78 is 61.8. The third kappa shape index (κ3) is 4.96. The van der Waals surface area contributed by atoms with Crippen LogP contribution in [0.4, 0.5) is 17.6 Å². The first-order valence-corrected chi connectivity index (χ1v) is 10.8. The summed E-state index contributed by atoms with van der Waals surface area (Å²) in [6, 6.07) is 3.88. The lowest BCUT2D eigenvalue weighted by molar-refractivity contribution is -0.214. The van der Waals surface area contributed by atoms with Gasteiger partial charge in [-0.15, -0.1) is 0 Å². The van der Waals surface area contributed by atoms with Crippen molar-refractivity contribution in [3.05, 3.63) is 29.0 Å². The van der Waals surface area contributed by atoms with Gasteiger partial charge < -0.3 is 20.1 Å². The molecule has 0 spiro atoms. The number of hydrogen-bond acceptors (Lipinski definition) is 4. The van der Waals surface area contributed by atoms with Gasteiger partial charge in [0.25, 0.3) is 5.91 Å². The van der Waals surface area contributed by atoms with Crippen LogP contribution in [0.5, 0.6) is 5.75 Å². The number of benzene rings is 1. The lowest BCUT2D eigenvalue weighted by Gasteiger charge is -2.39. The highest BCUT2D eigenvalue weighted by atomic mass is 35.5. The Hall–Kier alpha value is -2.07. The van der Waals surface area contributed by atoms with Gasteiger partial charge in [-0.05, 0) is 50.2 Å². The molecule has 2 N–H and O–H groups in total. The average Bonchev–Trinajstić information content (AvgIpc) is 3.40. The van der Waals surface area contributed by atoms with Crippen molar-refractivity contribution >= 4 is 23.4 Å². The van der Waals surface area contributed by atoms with Crippen LogP contribution in [0, 0.1) is 17.7 Å². The summed E-state index contributed by atoms with van der Waals surface area (Å²) in [5.41, 5.74) is -0.483. The first-order chi connectivity index (χ1) is 15.0. The minimum absolute atomic E-state index is 0.0412.